The molecule has 2 rings (SSSR count). The van der Waals surface area contributed by atoms with Crippen LogP contribution in [0.25, 0.3) is 0 Å². The highest BCUT2D eigenvalue weighted by Gasteiger charge is 2.25. The van der Waals surface area contributed by atoms with Crippen LogP contribution in [0.1, 0.15) is 18.1 Å². The Morgan fingerprint density at radius 3 is 2.82 bits per heavy atom. The Kier molecular flexibility index (Phi) is 3.81. The molecule has 0 amide bonds. The zero-order valence-electron chi connectivity index (χ0n) is 10.9. The topological polar surface area (TPSA) is 44.5 Å². The fourth-order valence-electron chi connectivity index (χ4n) is 2.36. The second-order valence-corrected chi connectivity index (χ2v) is 5.10. The van der Waals surface area contributed by atoms with Gasteiger partial charge in [-0.1, -0.05) is 0 Å². The quantitative estimate of drug-likeness (QED) is 0.810. The van der Waals surface area contributed by atoms with E-state index in [1.165, 1.54) is 0 Å². The van der Waals surface area contributed by atoms with E-state index in [0.717, 1.165) is 31.6 Å². The summed E-state index contributed by atoms with van der Waals surface area (Å²) in [4.78, 5) is 4.65. The van der Waals surface area contributed by atoms with Gasteiger partial charge in [-0.15, -0.1) is 0 Å². The van der Waals surface area contributed by atoms with Crippen molar-refractivity contribution < 1.29 is 5.11 Å². The van der Waals surface area contributed by atoms with E-state index < -0.39 is 6.10 Å². The van der Waals surface area contributed by atoms with Crippen molar-refractivity contribution in [1.29, 1.82) is 0 Å². The molecule has 2 heterocycles. The van der Waals surface area contributed by atoms with Crippen LogP contribution in [0.2, 0.25) is 0 Å². The van der Waals surface area contributed by atoms with E-state index in [4.69, 9.17) is 0 Å². The number of aliphatic hydroxyl groups is 1. The number of likely N-dealkylation sites (N-methyl/N-ethyl adjacent to an activating group) is 2. The average molecular weight is 238 g/mol. The van der Waals surface area contributed by atoms with Gasteiger partial charge in [0.15, 0.2) is 0 Å². The lowest BCUT2D eigenvalue weighted by Crippen LogP contribution is -2.50. The molecule has 2 unspecified atom stereocenters. The standard InChI is InChI=1S/C12H22N4O/c1-14-4-5-15(2)11(9-14)6-12(17)10-7-13-16(3)8-10/h7-8,11-12,17H,4-6,9H2,1-3H3. The van der Waals surface area contributed by atoms with Gasteiger partial charge in [0.25, 0.3) is 0 Å². The Bertz CT molecular complexity index is 365. The van der Waals surface area contributed by atoms with Crippen LogP contribution in [-0.4, -0.2) is 64.5 Å². The minimum absolute atomic E-state index is 0.414. The maximum atomic E-state index is 10.2. The Labute approximate surface area is 103 Å². The van der Waals surface area contributed by atoms with Gasteiger partial charge in [0, 0.05) is 44.5 Å². The summed E-state index contributed by atoms with van der Waals surface area (Å²) in [6.45, 7) is 3.20. The van der Waals surface area contributed by atoms with Gasteiger partial charge in [-0.2, -0.15) is 5.10 Å². The number of hydrogen-bond donors (Lipinski definition) is 1. The van der Waals surface area contributed by atoms with Crippen LogP contribution in [0.15, 0.2) is 12.4 Å². The molecule has 1 N–H and O–H groups in total. The summed E-state index contributed by atoms with van der Waals surface area (Å²) in [5.41, 5.74) is 0.911. The van der Waals surface area contributed by atoms with Crippen molar-refractivity contribution in [3.8, 4) is 0 Å². The molecule has 1 aliphatic heterocycles. The third-order valence-electron chi connectivity index (χ3n) is 3.59. The van der Waals surface area contributed by atoms with E-state index in [1.54, 1.807) is 10.9 Å². The summed E-state index contributed by atoms with van der Waals surface area (Å²) in [6, 6.07) is 0.420. The van der Waals surface area contributed by atoms with Crippen LogP contribution in [-0.2, 0) is 7.05 Å². The minimum atomic E-state index is -0.414. The maximum Gasteiger partial charge on any atom is 0.0835 e. The smallest absolute Gasteiger partial charge is 0.0835 e. The second-order valence-electron chi connectivity index (χ2n) is 5.10. The van der Waals surface area contributed by atoms with E-state index in [1.807, 2.05) is 13.2 Å². The zero-order chi connectivity index (χ0) is 12.4. The van der Waals surface area contributed by atoms with Gasteiger partial charge in [-0.3, -0.25) is 4.68 Å². The lowest BCUT2D eigenvalue weighted by atomic mass is 10.0. The van der Waals surface area contributed by atoms with E-state index in [0.29, 0.717) is 6.04 Å². The molecule has 0 aliphatic carbocycles. The number of rotatable bonds is 3. The monoisotopic (exact) mass is 238 g/mol. The largest absolute Gasteiger partial charge is 0.388 e. The highest BCUT2D eigenvalue weighted by molar-refractivity contribution is 5.08. The molecule has 0 saturated carbocycles. The number of aryl methyl sites for hydroxylation is 1. The van der Waals surface area contributed by atoms with Crippen LogP contribution in [0.5, 0.6) is 0 Å². The van der Waals surface area contributed by atoms with Gasteiger partial charge in [-0.05, 0) is 20.5 Å². The molecule has 0 bridgehead atoms. The molecule has 2 atom stereocenters. The summed E-state index contributed by atoms with van der Waals surface area (Å²) in [5.74, 6) is 0. The molecule has 5 nitrogen and oxygen atoms in total. The van der Waals surface area contributed by atoms with Crippen LogP contribution in [0, 0.1) is 0 Å². The number of hydrogen-bond acceptors (Lipinski definition) is 4. The molecule has 1 saturated heterocycles. The summed E-state index contributed by atoms with van der Waals surface area (Å²) in [7, 11) is 6.14. The molecule has 0 radical (unpaired) electrons. The first-order chi connectivity index (χ1) is 8.06. The zero-order valence-corrected chi connectivity index (χ0v) is 10.9. The van der Waals surface area contributed by atoms with Crippen LogP contribution in [0.4, 0.5) is 0 Å². The van der Waals surface area contributed by atoms with Gasteiger partial charge >= 0.3 is 0 Å². The van der Waals surface area contributed by atoms with Crippen molar-refractivity contribution in [3.05, 3.63) is 18.0 Å². The highest BCUT2D eigenvalue weighted by atomic mass is 16.3. The lowest BCUT2D eigenvalue weighted by molar-refractivity contribution is 0.0634. The Balaban J connectivity index is 1.95. The molecule has 1 aromatic rings. The van der Waals surface area contributed by atoms with Crippen molar-refractivity contribution >= 4 is 0 Å². The van der Waals surface area contributed by atoms with Gasteiger partial charge in [-0.25, -0.2) is 0 Å². The molecule has 1 fully saturated rings. The molecular weight excluding hydrogens is 216 g/mol. The molecule has 5 heteroatoms. The number of aliphatic hydroxyl groups excluding tert-OH is 1. The van der Waals surface area contributed by atoms with Crippen LogP contribution >= 0.6 is 0 Å². The Hall–Kier alpha value is -0.910. The molecule has 0 spiro atoms. The molecule has 17 heavy (non-hydrogen) atoms. The first-order valence-electron chi connectivity index (χ1n) is 6.11. The first-order valence-corrected chi connectivity index (χ1v) is 6.11. The van der Waals surface area contributed by atoms with E-state index in [2.05, 4.69) is 29.0 Å². The third-order valence-corrected chi connectivity index (χ3v) is 3.59. The molecular formula is C12H22N4O. The fourth-order valence-corrected chi connectivity index (χ4v) is 2.36. The van der Waals surface area contributed by atoms with E-state index >= 15 is 0 Å². The maximum absolute atomic E-state index is 10.2. The number of nitrogens with zero attached hydrogens (tertiary/aromatic N) is 4. The number of aromatic nitrogens is 2. The van der Waals surface area contributed by atoms with E-state index in [9.17, 15) is 5.11 Å². The molecule has 0 aromatic carbocycles. The lowest BCUT2D eigenvalue weighted by Gasteiger charge is -2.38. The van der Waals surface area contributed by atoms with Crippen molar-refractivity contribution in [2.75, 3.05) is 33.7 Å². The van der Waals surface area contributed by atoms with Crippen molar-refractivity contribution in [3.63, 3.8) is 0 Å². The van der Waals surface area contributed by atoms with Crippen molar-refractivity contribution in [2.24, 2.45) is 7.05 Å². The minimum Gasteiger partial charge on any atom is -0.388 e. The average Bonchev–Trinajstić information content (AvgIpc) is 2.70. The predicted molar refractivity (Wildman–Crippen MR) is 66.7 cm³/mol. The van der Waals surface area contributed by atoms with Crippen LogP contribution in [0.3, 0.4) is 0 Å². The predicted octanol–water partition coefficient (Wildman–Crippen LogP) is 0.0894. The summed E-state index contributed by atoms with van der Waals surface area (Å²) >= 11 is 0. The third kappa shape index (κ3) is 3.06. The van der Waals surface area contributed by atoms with Crippen molar-refractivity contribution in [2.45, 2.75) is 18.6 Å². The Morgan fingerprint density at radius 2 is 2.18 bits per heavy atom. The Morgan fingerprint density at radius 1 is 1.41 bits per heavy atom. The summed E-state index contributed by atoms with van der Waals surface area (Å²) in [5, 5.41) is 14.3. The molecule has 96 valence electrons. The van der Waals surface area contributed by atoms with Gasteiger partial charge < -0.3 is 14.9 Å². The SMILES string of the molecule is CN1CCN(C)C(CC(O)c2cnn(C)c2)C1. The summed E-state index contributed by atoms with van der Waals surface area (Å²) < 4.78 is 1.73. The number of piperazine rings is 1. The van der Waals surface area contributed by atoms with E-state index in [-0.39, 0.29) is 0 Å². The van der Waals surface area contributed by atoms with Crippen molar-refractivity contribution in [1.82, 2.24) is 19.6 Å². The normalized spacial score (nSPS) is 25.1. The molecule has 1 aliphatic rings. The molecule has 1 aromatic heterocycles. The summed E-state index contributed by atoms with van der Waals surface area (Å²) in [6.07, 6.45) is 3.99. The van der Waals surface area contributed by atoms with Crippen LogP contribution < -0.4 is 0 Å². The van der Waals surface area contributed by atoms with Gasteiger partial charge in [0.1, 0.15) is 0 Å². The first kappa shape index (κ1) is 12.5. The highest BCUT2D eigenvalue weighted by Crippen LogP contribution is 2.21. The second kappa shape index (κ2) is 5.16. The van der Waals surface area contributed by atoms with Gasteiger partial charge in [0.2, 0.25) is 0 Å². The van der Waals surface area contributed by atoms with Gasteiger partial charge in [0.05, 0.1) is 12.3 Å². The fraction of sp³-hybridized carbons (Fsp3) is 0.750.